The average Bonchev–Trinajstić information content (AvgIpc) is 3.12. The number of nitrogens with one attached hydrogen (secondary N) is 2. The van der Waals surface area contributed by atoms with Crippen LogP contribution in [-0.2, 0) is 23.1 Å². The van der Waals surface area contributed by atoms with Crippen molar-refractivity contribution in [3.8, 4) is 16.9 Å². The summed E-state index contributed by atoms with van der Waals surface area (Å²) in [5.74, 6) is 0.379. The molecule has 0 aliphatic carbocycles. The van der Waals surface area contributed by atoms with Gasteiger partial charge in [-0.05, 0) is 29.3 Å². The van der Waals surface area contributed by atoms with Crippen molar-refractivity contribution in [1.82, 2.24) is 9.78 Å². The minimum Gasteiger partial charge on any atom is -0.497 e. The molecule has 2 N–H and O–H groups in total. The smallest absolute Gasteiger partial charge is 0.228 e. The fourth-order valence-corrected chi connectivity index (χ4v) is 5.24. The highest BCUT2D eigenvalue weighted by molar-refractivity contribution is 6.89. The largest absolute Gasteiger partial charge is 0.497 e. The van der Waals surface area contributed by atoms with Crippen molar-refractivity contribution in [3.05, 3.63) is 54.4 Å². The van der Waals surface area contributed by atoms with Gasteiger partial charge in [0.25, 0.3) is 0 Å². The lowest BCUT2D eigenvalue weighted by Gasteiger charge is -2.26. The monoisotopic (exact) mass is 450 g/mol. The highest BCUT2D eigenvalue weighted by atomic mass is 28.3. The number of carbonyl (C=O) groups is 2. The predicted octanol–water partition coefficient (Wildman–Crippen LogP) is 3.78. The van der Waals surface area contributed by atoms with E-state index in [4.69, 9.17) is 4.74 Å². The Morgan fingerprint density at radius 1 is 1.06 bits per heavy atom. The molecule has 2 aromatic carbocycles. The van der Waals surface area contributed by atoms with E-state index in [1.54, 1.807) is 18.0 Å². The topological polar surface area (TPSA) is 85.2 Å². The summed E-state index contributed by atoms with van der Waals surface area (Å²) in [6.07, 6.45) is 3.68. The van der Waals surface area contributed by atoms with E-state index in [-0.39, 0.29) is 18.2 Å². The summed E-state index contributed by atoms with van der Waals surface area (Å²) in [4.78, 5) is 24.9. The molecule has 0 aliphatic heterocycles. The fourth-order valence-electron chi connectivity index (χ4n) is 3.64. The Morgan fingerprint density at radius 2 is 1.75 bits per heavy atom. The molecule has 0 unspecified atom stereocenters. The van der Waals surface area contributed by atoms with Crippen LogP contribution in [0.2, 0.25) is 19.6 Å². The molecule has 7 nitrogen and oxygen atoms in total. The standard InChI is InChI=1S/C24H30N4O3Si/c1-16(29)26-20-11-12-21(32(4,5)6)23(18-7-9-19(31-3)10-8-18)24(20)27-22(30)13-17-14-25-28(2)15-17/h7-12,14-15H,13H2,1-6H3,(H,26,29)(H,27,30). The normalized spacial score (nSPS) is 11.2. The highest BCUT2D eigenvalue weighted by Gasteiger charge is 2.26. The maximum Gasteiger partial charge on any atom is 0.228 e. The first-order valence-electron chi connectivity index (χ1n) is 10.5. The number of hydrogen-bond donors (Lipinski definition) is 2. The van der Waals surface area contributed by atoms with Crippen LogP contribution in [0, 0.1) is 0 Å². The SMILES string of the molecule is COc1ccc(-c2c([Si](C)(C)C)ccc(NC(C)=O)c2NC(=O)Cc2cnn(C)c2)cc1. The van der Waals surface area contributed by atoms with Crippen LogP contribution < -0.4 is 20.6 Å². The van der Waals surface area contributed by atoms with Gasteiger partial charge < -0.3 is 15.4 Å². The Morgan fingerprint density at radius 3 is 2.28 bits per heavy atom. The third kappa shape index (κ3) is 5.44. The molecule has 3 rings (SSSR count). The summed E-state index contributed by atoms with van der Waals surface area (Å²) in [7, 11) is 1.64. The van der Waals surface area contributed by atoms with Crippen molar-refractivity contribution in [2.45, 2.75) is 33.0 Å². The van der Waals surface area contributed by atoms with Gasteiger partial charge in [-0.2, -0.15) is 5.10 Å². The summed E-state index contributed by atoms with van der Waals surface area (Å²) >= 11 is 0. The molecule has 3 aromatic rings. The van der Waals surface area contributed by atoms with E-state index in [0.717, 1.165) is 22.4 Å². The fraction of sp³-hybridized carbons (Fsp3) is 0.292. The molecule has 1 aromatic heterocycles. The van der Waals surface area contributed by atoms with Crippen LogP contribution in [-0.4, -0.2) is 36.8 Å². The maximum absolute atomic E-state index is 13.0. The number of methoxy groups -OCH3 is 1. The average molecular weight is 451 g/mol. The Balaban J connectivity index is 2.15. The molecule has 0 saturated heterocycles. The van der Waals surface area contributed by atoms with Gasteiger partial charge in [0, 0.05) is 25.7 Å². The molecule has 0 radical (unpaired) electrons. The van der Waals surface area contributed by atoms with Crippen LogP contribution in [0.15, 0.2) is 48.8 Å². The molecule has 2 amide bonds. The van der Waals surface area contributed by atoms with E-state index in [1.807, 2.05) is 43.6 Å². The van der Waals surface area contributed by atoms with E-state index >= 15 is 0 Å². The molecule has 32 heavy (non-hydrogen) atoms. The molecule has 0 spiro atoms. The van der Waals surface area contributed by atoms with Gasteiger partial charge in [-0.3, -0.25) is 14.3 Å². The van der Waals surface area contributed by atoms with Crippen LogP contribution in [0.25, 0.3) is 11.1 Å². The van der Waals surface area contributed by atoms with E-state index in [9.17, 15) is 9.59 Å². The molecule has 168 valence electrons. The molecular weight excluding hydrogens is 420 g/mol. The van der Waals surface area contributed by atoms with Crippen LogP contribution in [0.4, 0.5) is 11.4 Å². The Bertz CT molecular complexity index is 1130. The first kappa shape index (κ1) is 23.3. The number of carbonyl (C=O) groups excluding carboxylic acids is 2. The number of aromatic nitrogens is 2. The Hall–Kier alpha value is -3.39. The lowest BCUT2D eigenvalue weighted by Crippen LogP contribution is -2.39. The van der Waals surface area contributed by atoms with Gasteiger partial charge in [0.15, 0.2) is 0 Å². The molecular formula is C24H30N4O3Si. The summed E-state index contributed by atoms with van der Waals surface area (Å²) in [6, 6.07) is 11.7. The van der Waals surface area contributed by atoms with Crippen molar-refractivity contribution < 1.29 is 14.3 Å². The lowest BCUT2D eigenvalue weighted by atomic mass is 10.0. The number of nitrogens with zero attached hydrogens (tertiary/aromatic N) is 2. The zero-order chi connectivity index (χ0) is 23.5. The second-order valence-corrected chi connectivity index (χ2v) is 13.9. The van der Waals surface area contributed by atoms with Gasteiger partial charge in [-0.1, -0.05) is 43.0 Å². The maximum atomic E-state index is 13.0. The Labute approximate surface area is 189 Å². The highest BCUT2D eigenvalue weighted by Crippen LogP contribution is 2.36. The van der Waals surface area contributed by atoms with Gasteiger partial charge in [0.1, 0.15) is 5.75 Å². The molecule has 1 heterocycles. The van der Waals surface area contributed by atoms with E-state index in [2.05, 4.69) is 41.4 Å². The molecule has 0 saturated carbocycles. The molecule has 8 heteroatoms. The minimum atomic E-state index is -1.81. The van der Waals surface area contributed by atoms with Crippen LogP contribution in [0.1, 0.15) is 12.5 Å². The molecule has 0 bridgehead atoms. The van der Waals surface area contributed by atoms with Crippen molar-refractivity contribution in [3.63, 3.8) is 0 Å². The van der Waals surface area contributed by atoms with Crippen molar-refractivity contribution in [2.24, 2.45) is 7.05 Å². The molecule has 0 atom stereocenters. The summed E-state index contributed by atoms with van der Waals surface area (Å²) in [5.41, 5.74) is 3.88. The number of ether oxygens (including phenoxy) is 1. The summed E-state index contributed by atoms with van der Waals surface area (Å²) < 4.78 is 6.98. The number of benzene rings is 2. The van der Waals surface area contributed by atoms with Gasteiger partial charge >= 0.3 is 0 Å². The van der Waals surface area contributed by atoms with Crippen LogP contribution in [0.3, 0.4) is 0 Å². The number of hydrogen-bond acceptors (Lipinski definition) is 4. The third-order valence-corrected chi connectivity index (χ3v) is 7.12. The summed E-state index contributed by atoms with van der Waals surface area (Å²) in [5, 5.41) is 11.3. The van der Waals surface area contributed by atoms with Crippen LogP contribution >= 0.6 is 0 Å². The van der Waals surface area contributed by atoms with E-state index < -0.39 is 8.07 Å². The predicted molar refractivity (Wildman–Crippen MR) is 131 cm³/mol. The van der Waals surface area contributed by atoms with E-state index in [1.165, 1.54) is 12.1 Å². The summed E-state index contributed by atoms with van der Waals surface area (Å²) in [6.45, 7) is 8.23. The second kappa shape index (κ2) is 9.40. The minimum absolute atomic E-state index is 0.174. The lowest BCUT2D eigenvalue weighted by molar-refractivity contribution is -0.116. The number of amides is 2. The second-order valence-electron chi connectivity index (χ2n) is 8.82. The zero-order valence-electron chi connectivity index (χ0n) is 19.4. The van der Waals surface area contributed by atoms with Gasteiger partial charge in [0.2, 0.25) is 11.8 Å². The first-order valence-corrected chi connectivity index (χ1v) is 14.0. The van der Waals surface area contributed by atoms with E-state index in [0.29, 0.717) is 11.4 Å². The first-order chi connectivity index (χ1) is 15.1. The van der Waals surface area contributed by atoms with Crippen LogP contribution in [0.5, 0.6) is 5.75 Å². The number of anilines is 2. The van der Waals surface area contributed by atoms with Crippen molar-refractivity contribution in [1.29, 1.82) is 0 Å². The quantitative estimate of drug-likeness (QED) is 0.537. The van der Waals surface area contributed by atoms with Gasteiger partial charge in [-0.25, -0.2) is 0 Å². The van der Waals surface area contributed by atoms with Gasteiger partial charge in [0.05, 0.1) is 39.2 Å². The molecule has 0 aliphatic rings. The Kier molecular flexibility index (Phi) is 6.83. The number of rotatable bonds is 7. The zero-order valence-corrected chi connectivity index (χ0v) is 20.4. The van der Waals surface area contributed by atoms with Gasteiger partial charge in [-0.15, -0.1) is 0 Å². The van der Waals surface area contributed by atoms with Crippen molar-refractivity contribution >= 4 is 36.4 Å². The third-order valence-electron chi connectivity index (χ3n) is 5.09. The van der Waals surface area contributed by atoms with Crippen molar-refractivity contribution in [2.75, 3.05) is 17.7 Å². The number of aryl methyl sites for hydroxylation is 1. The molecule has 0 fully saturated rings.